The van der Waals surface area contributed by atoms with Crippen molar-refractivity contribution in [2.75, 3.05) is 0 Å². The van der Waals surface area contributed by atoms with Gasteiger partial charge < -0.3 is 0 Å². The largest absolute Gasteiger partial charge is 0.297 e. The van der Waals surface area contributed by atoms with E-state index >= 15 is 0 Å². The maximum atomic E-state index is 5.64. The van der Waals surface area contributed by atoms with Crippen LogP contribution in [-0.4, -0.2) is 20.4 Å². The molecule has 0 amide bonds. The average molecular weight is 293 g/mol. The molecule has 3 rings (SSSR count). The molecule has 3 aromatic rings. The molecule has 1 unspecified atom stereocenters. The van der Waals surface area contributed by atoms with E-state index in [1.54, 1.807) is 22.7 Å². The summed E-state index contributed by atoms with van der Waals surface area (Å²) in [6.07, 6.45) is 5.71. The van der Waals surface area contributed by atoms with Gasteiger partial charge in [-0.3, -0.25) is 15.7 Å². The number of nitrogens with zero attached hydrogens (tertiary/aromatic N) is 3. The smallest absolute Gasteiger partial charge is 0.193 e. The summed E-state index contributed by atoms with van der Waals surface area (Å²) in [4.78, 5) is 10.1. The van der Waals surface area contributed by atoms with E-state index in [0.717, 1.165) is 34.2 Å². The second-order valence-electron chi connectivity index (χ2n) is 4.45. The fourth-order valence-electron chi connectivity index (χ4n) is 2.07. The number of thiazole rings is 2. The number of fused-ring (bicyclic) bond motifs is 1. The van der Waals surface area contributed by atoms with E-state index in [2.05, 4.69) is 27.0 Å². The molecule has 100 valence electrons. The Hall–Kier alpha value is -1.28. The topological polar surface area (TPSA) is 68.2 Å². The van der Waals surface area contributed by atoms with Crippen molar-refractivity contribution in [2.24, 2.45) is 5.84 Å². The van der Waals surface area contributed by atoms with Gasteiger partial charge in [0.15, 0.2) is 4.96 Å². The van der Waals surface area contributed by atoms with Gasteiger partial charge in [-0.1, -0.05) is 0 Å². The normalized spacial score (nSPS) is 13.2. The molecule has 0 aromatic carbocycles. The van der Waals surface area contributed by atoms with Crippen molar-refractivity contribution in [2.45, 2.75) is 25.8 Å². The first-order chi connectivity index (χ1) is 9.24. The molecule has 0 fully saturated rings. The highest BCUT2D eigenvalue weighted by Crippen LogP contribution is 2.15. The number of nitrogens with one attached hydrogen (secondary N) is 1. The lowest BCUT2D eigenvalue weighted by Crippen LogP contribution is -2.38. The molecule has 7 heteroatoms. The molecule has 3 N–H and O–H groups in total. The molecule has 0 saturated heterocycles. The van der Waals surface area contributed by atoms with Crippen LogP contribution in [0.2, 0.25) is 0 Å². The first-order valence-corrected chi connectivity index (χ1v) is 7.79. The number of imidazole rings is 1. The van der Waals surface area contributed by atoms with Crippen molar-refractivity contribution in [3.63, 3.8) is 0 Å². The van der Waals surface area contributed by atoms with E-state index in [1.165, 1.54) is 0 Å². The van der Waals surface area contributed by atoms with E-state index < -0.39 is 0 Å². The molecule has 19 heavy (non-hydrogen) atoms. The monoisotopic (exact) mass is 293 g/mol. The number of hydrogen-bond acceptors (Lipinski definition) is 6. The van der Waals surface area contributed by atoms with Crippen LogP contribution < -0.4 is 11.3 Å². The fraction of sp³-hybridized carbons (Fsp3) is 0.333. The molecule has 0 spiro atoms. The quantitative estimate of drug-likeness (QED) is 0.556. The summed E-state index contributed by atoms with van der Waals surface area (Å²) >= 11 is 3.31. The Labute approximate surface area is 119 Å². The molecule has 0 saturated carbocycles. The van der Waals surface area contributed by atoms with Gasteiger partial charge in [0.25, 0.3) is 0 Å². The van der Waals surface area contributed by atoms with Crippen molar-refractivity contribution in [3.05, 3.63) is 39.5 Å². The van der Waals surface area contributed by atoms with E-state index in [0.29, 0.717) is 0 Å². The Bertz CT molecular complexity index is 640. The molecular weight excluding hydrogens is 278 g/mol. The minimum Gasteiger partial charge on any atom is -0.297 e. The van der Waals surface area contributed by atoms with Crippen LogP contribution >= 0.6 is 22.7 Å². The zero-order chi connectivity index (χ0) is 13.2. The van der Waals surface area contributed by atoms with Crippen molar-refractivity contribution in [1.29, 1.82) is 0 Å². The third-order valence-corrected chi connectivity index (χ3v) is 4.55. The standard InChI is InChI=1S/C12H15N5S2/c1-8-14-11(7-19-8)5-9(16-13)4-10-6-17-2-3-18-12(17)15-10/h2-3,6-7,9,16H,4-5,13H2,1H3. The molecule has 0 aliphatic heterocycles. The Balaban J connectivity index is 1.70. The molecular formula is C12H15N5S2. The van der Waals surface area contributed by atoms with Gasteiger partial charge in [-0.05, 0) is 6.92 Å². The van der Waals surface area contributed by atoms with Gasteiger partial charge in [-0.2, -0.15) is 0 Å². The molecule has 0 radical (unpaired) electrons. The van der Waals surface area contributed by atoms with E-state index in [9.17, 15) is 0 Å². The highest BCUT2D eigenvalue weighted by atomic mass is 32.1. The number of hydrogen-bond donors (Lipinski definition) is 2. The SMILES string of the molecule is Cc1nc(CC(Cc2cn3ccsc3n2)NN)cs1. The van der Waals surface area contributed by atoms with Gasteiger partial charge in [0.2, 0.25) is 0 Å². The Morgan fingerprint density at radius 1 is 1.32 bits per heavy atom. The number of aryl methyl sites for hydroxylation is 1. The minimum atomic E-state index is 0.158. The van der Waals surface area contributed by atoms with Crippen LogP contribution in [0.15, 0.2) is 23.2 Å². The second kappa shape index (κ2) is 5.38. The van der Waals surface area contributed by atoms with E-state index in [1.807, 2.05) is 22.9 Å². The lowest BCUT2D eigenvalue weighted by Gasteiger charge is -2.12. The van der Waals surface area contributed by atoms with Gasteiger partial charge in [-0.25, -0.2) is 9.97 Å². The van der Waals surface area contributed by atoms with Crippen LogP contribution in [0, 0.1) is 6.92 Å². The molecule has 0 bridgehead atoms. The Morgan fingerprint density at radius 2 is 2.16 bits per heavy atom. The summed E-state index contributed by atoms with van der Waals surface area (Å²) in [5, 5.41) is 5.21. The fourth-order valence-corrected chi connectivity index (χ4v) is 3.42. The summed E-state index contributed by atoms with van der Waals surface area (Å²) in [5.74, 6) is 5.64. The van der Waals surface area contributed by atoms with Crippen LogP contribution in [0.4, 0.5) is 0 Å². The molecule has 5 nitrogen and oxygen atoms in total. The molecule has 3 heterocycles. The summed E-state index contributed by atoms with van der Waals surface area (Å²) in [7, 11) is 0. The van der Waals surface area contributed by atoms with Gasteiger partial charge in [0.05, 0.1) is 16.4 Å². The zero-order valence-corrected chi connectivity index (χ0v) is 12.2. The average Bonchev–Trinajstić information content (AvgIpc) is 3.04. The first kappa shape index (κ1) is 12.7. The second-order valence-corrected chi connectivity index (χ2v) is 6.39. The van der Waals surface area contributed by atoms with Crippen LogP contribution in [0.3, 0.4) is 0 Å². The molecule has 0 aliphatic rings. The summed E-state index contributed by atoms with van der Waals surface area (Å²) in [5.41, 5.74) is 5.01. The number of hydrazine groups is 1. The van der Waals surface area contributed by atoms with E-state index in [-0.39, 0.29) is 6.04 Å². The van der Waals surface area contributed by atoms with Gasteiger partial charge in [-0.15, -0.1) is 22.7 Å². The third-order valence-electron chi connectivity index (χ3n) is 2.96. The van der Waals surface area contributed by atoms with Crippen molar-refractivity contribution >= 4 is 27.6 Å². The van der Waals surface area contributed by atoms with Crippen LogP contribution in [0.1, 0.15) is 16.4 Å². The summed E-state index contributed by atoms with van der Waals surface area (Å²) < 4.78 is 2.04. The highest BCUT2D eigenvalue weighted by molar-refractivity contribution is 7.15. The van der Waals surface area contributed by atoms with Crippen LogP contribution in [0.5, 0.6) is 0 Å². The first-order valence-electron chi connectivity index (χ1n) is 6.03. The number of nitrogens with two attached hydrogens (primary N) is 1. The lowest BCUT2D eigenvalue weighted by molar-refractivity contribution is 0.514. The molecule has 0 aliphatic carbocycles. The van der Waals surface area contributed by atoms with Crippen LogP contribution in [0.25, 0.3) is 4.96 Å². The Kier molecular flexibility index (Phi) is 3.61. The van der Waals surface area contributed by atoms with E-state index in [4.69, 9.17) is 5.84 Å². The highest BCUT2D eigenvalue weighted by Gasteiger charge is 2.13. The maximum Gasteiger partial charge on any atom is 0.193 e. The van der Waals surface area contributed by atoms with Crippen molar-refractivity contribution < 1.29 is 0 Å². The minimum absolute atomic E-state index is 0.158. The predicted octanol–water partition coefficient (Wildman–Crippen LogP) is 1.78. The third kappa shape index (κ3) is 2.84. The lowest BCUT2D eigenvalue weighted by atomic mass is 10.1. The predicted molar refractivity (Wildman–Crippen MR) is 78.4 cm³/mol. The van der Waals surface area contributed by atoms with Gasteiger partial charge in [0, 0.05) is 42.0 Å². The zero-order valence-electron chi connectivity index (χ0n) is 10.5. The molecule has 3 aromatic heterocycles. The van der Waals surface area contributed by atoms with Crippen molar-refractivity contribution in [1.82, 2.24) is 19.8 Å². The summed E-state index contributed by atoms with van der Waals surface area (Å²) in [6, 6.07) is 0.158. The molecule has 1 atom stereocenters. The number of rotatable bonds is 5. The van der Waals surface area contributed by atoms with Crippen molar-refractivity contribution in [3.8, 4) is 0 Å². The van der Waals surface area contributed by atoms with Crippen LogP contribution in [-0.2, 0) is 12.8 Å². The van der Waals surface area contributed by atoms with Gasteiger partial charge in [0.1, 0.15) is 0 Å². The number of aromatic nitrogens is 3. The maximum absolute atomic E-state index is 5.64. The van der Waals surface area contributed by atoms with Gasteiger partial charge >= 0.3 is 0 Å². The summed E-state index contributed by atoms with van der Waals surface area (Å²) in [6.45, 7) is 2.02. The Morgan fingerprint density at radius 3 is 2.84 bits per heavy atom.